The van der Waals surface area contributed by atoms with Gasteiger partial charge in [0.25, 0.3) is 0 Å². The quantitative estimate of drug-likeness (QED) is 0.453. The molecule has 0 rings (SSSR count). The van der Waals surface area contributed by atoms with Crippen molar-refractivity contribution >= 4 is 0 Å². The van der Waals surface area contributed by atoms with Crippen molar-refractivity contribution in [2.24, 2.45) is 5.73 Å². The Hall–Kier alpha value is -0.520. The van der Waals surface area contributed by atoms with E-state index in [1.54, 1.807) is 0 Å². The molecule has 0 aliphatic rings. The second-order valence-electron chi connectivity index (χ2n) is 1.98. The highest BCUT2D eigenvalue weighted by atomic mass is 16.5. The molecule has 0 aliphatic heterocycles. The highest BCUT2D eigenvalue weighted by Crippen LogP contribution is 1.85. The molecule has 0 radical (unpaired) electrons. The maximum atomic E-state index is 5.29. The number of ether oxygens (including phenoxy) is 1. The summed E-state index contributed by atoms with van der Waals surface area (Å²) in [5, 5.41) is 0. The second-order valence-corrected chi connectivity index (χ2v) is 1.98. The van der Waals surface area contributed by atoms with Gasteiger partial charge in [0.15, 0.2) is 0 Å². The van der Waals surface area contributed by atoms with Gasteiger partial charge in [0, 0.05) is 6.61 Å². The molecule has 0 saturated heterocycles. The highest BCUT2D eigenvalue weighted by molar-refractivity contribution is 4.94. The first kappa shape index (κ1) is 9.48. The summed E-state index contributed by atoms with van der Waals surface area (Å²) >= 11 is 0. The van der Waals surface area contributed by atoms with Gasteiger partial charge in [0.1, 0.15) is 6.61 Å². The Morgan fingerprint density at radius 2 is 2.20 bits per heavy atom. The molecule has 2 N–H and O–H groups in total. The molecule has 0 spiro atoms. The molecule has 0 unspecified atom stereocenters. The van der Waals surface area contributed by atoms with Gasteiger partial charge in [-0.25, -0.2) is 0 Å². The number of hydrogen-bond donors (Lipinski definition) is 1. The maximum Gasteiger partial charge on any atom is 0.107 e. The Kier molecular flexibility index (Phi) is 8.04. The van der Waals surface area contributed by atoms with Crippen molar-refractivity contribution in [2.45, 2.75) is 19.8 Å². The fraction of sp³-hybridized carbons (Fsp3) is 0.750. The zero-order valence-electron chi connectivity index (χ0n) is 6.52. The molecule has 0 saturated carbocycles. The van der Waals surface area contributed by atoms with Gasteiger partial charge in [-0.2, -0.15) is 0 Å². The summed E-state index contributed by atoms with van der Waals surface area (Å²) in [5.74, 6) is 5.58. The summed E-state index contributed by atoms with van der Waals surface area (Å²) in [4.78, 5) is 0. The van der Waals surface area contributed by atoms with Gasteiger partial charge in [0.2, 0.25) is 0 Å². The van der Waals surface area contributed by atoms with Gasteiger partial charge in [-0.05, 0) is 26.3 Å². The molecule has 10 heavy (non-hydrogen) atoms. The minimum absolute atomic E-state index is 0.557. The fourth-order valence-electron chi connectivity index (χ4n) is 0.544. The van der Waals surface area contributed by atoms with Crippen LogP contribution in [0.4, 0.5) is 0 Å². The van der Waals surface area contributed by atoms with E-state index >= 15 is 0 Å². The summed E-state index contributed by atoms with van der Waals surface area (Å²) in [7, 11) is 0. The molecule has 0 amide bonds. The van der Waals surface area contributed by atoms with Crippen molar-refractivity contribution < 1.29 is 4.74 Å². The van der Waals surface area contributed by atoms with Crippen LogP contribution in [-0.4, -0.2) is 19.8 Å². The van der Waals surface area contributed by atoms with Crippen molar-refractivity contribution in [3.05, 3.63) is 0 Å². The molecule has 0 bridgehead atoms. The lowest BCUT2D eigenvalue weighted by molar-refractivity contribution is 0.163. The van der Waals surface area contributed by atoms with Crippen LogP contribution in [0, 0.1) is 11.8 Å². The molecule has 58 valence electrons. The van der Waals surface area contributed by atoms with Gasteiger partial charge in [-0.1, -0.05) is 5.92 Å². The predicted octanol–water partition coefficient (Wildman–Crippen LogP) is 0.765. The number of hydrogen-bond acceptors (Lipinski definition) is 2. The zero-order chi connectivity index (χ0) is 7.66. The minimum atomic E-state index is 0.557. The van der Waals surface area contributed by atoms with Crippen LogP contribution in [0.3, 0.4) is 0 Å². The van der Waals surface area contributed by atoms with Crippen LogP contribution in [0.1, 0.15) is 19.8 Å². The van der Waals surface area contributed by atoms with Crippen LogP contribution in [0.15, 0.2) is 0 Å². The molecular weight excluding hydrogens is 126 g/mol. The molecule has 0 atom stereocenters. The second kappa shape index (κ2) is 8.48. The highest BCUT2D eigenvalue weighted by Gasteiger charge is 1.84. The first-order valence-corrected chi connectivity index (χ1v) is 3.59. The summed E-state index contributed by atoms with van der Waals surface area (Å²) in [6, 6.07) is 0. The van der Waals surface area contributed by atoms with Gasteiger partial charge < -0.3 is 10.5 Å². The third-order valence-electron chi connectivity index (χ3n) is 1.09. The number of unbranched alkanes of at least 4 members (excludes halogenated alkanes) is 1. The third-order valence-corrected chi connectivity index (χ3v) is 1.09. The Balaban J connectivity index is 2.82. The number of nitrogens with two attached hydrogens (primary N) is 1. The van der Waals surface area contributed by atoms with E-state index in [0.29, 0.717) is 6.61 Å². The lowest BCUT2D eigenvalue weighted by atomic mass is 10.3. The van der Waals surface area contributed by atoms with Crippen molar-refractivity contribution in [1.82, 2.24) is 0 Å². The fourth-order valence-corrected chi connectivity index (χ4v) is 0.544. The molecule has 0 fully saturated rings. The Morgan fingerprint density at radius 3 is 2.80 bits per heavy atom. The monoisotopic (exact) mass is 141 g/mol. The molecule has 0 heterocycles. The van der Waals surface area contributed by atoms with Crippen molar-refractivity contribution in [1.29, 1.82) is 0 Å². The molecule has 2 heteroatoms. The molecule has 0 aliphatic carbocycles. The third kappa shape index (κ3) is 7.48. The first-order chi connectivity index (χ1) is 4.91. The summed E-state index contributed by atoms with van der Waals surface area (Å²) in [5.41, 5.74) is 5.29. The lowest BCUT2D eigenvalue weighted by Crippen LogP contribution is -2.01. The summed E-state index contributed by atoms with van der Waals surface area (Å²) in [6.45, 7) is 3.90. The lowest BCUT2D eigenvalue weighted by Gasteiger charge is -1.96. The van der Waals surface area contributed by atoms with E-state index in [2.05, 4.69) is 11.8 Å². The van der Waals surface area contributed by atoms with E-state index in [9.17, 15) is 0 Å². The zero-order valence-corrected chi connectivity index (χ0v) is 6.52. The molecule has 2 nitrogen and oxygen atoms in total. The Morgan fingerprint density at radius 1 is 1.40 bits per heavy atom. The van der Waals surface area contributed by atoms with E-state index in [-0.39, 0.29) is 0 Å². The molecular formula is C8H15NO. The standard InChI is InChI=1S/C8H15NO/c1-2-3-7-10-8-5-4-6-9/h4-9H2,1H3. The van der Waals surface area contributed by atoms with Crippen LogP contribution in [0.25, 0.3) is 0 Å². The van der Waals surface area contributed by atoms with Gasteiger partial charge in [0.05, 0.1) is 0 Å². The van der Waals surface area contributed by atoms with Crippen LogP contribution >= 0.6 is 0 Å². The molecule has 0 aromatic rings. The predicted molar refractivity (Wildman–Crippen MR) is 42.6 cm³/mol. The van der Waals surface area contributed by atoms with Crippen LogP contribution in [0.2, 0.25) is 0 Å². The average molecular weight is 141 g/mol. The first-order valence-electron chi connectivity index (χ1n) is 3.59. The largest absolute Gasteiger partial charge is 0.369 e. The SMILES string of the molecule is CC#CCOCCCCN. The summed E-state index contributed by atoms with van der Waals surface area (Å²) in [6.07, 6.45) is 2.08. The van der Waals surface area contributed by atoms with Crippen molar-refractivity contribution in [2.75, 3.05) is 19.8 Å². The van der Waals surface area contributed by atoms with E-state index < -0.39 is 0 Å². The topological polar surface area (TPSA) is 35.2 Å². The number of rotatable bonds is 5. The van der Waals surface area contributed by atoms with Crippen molar-refractivity contribution in [3.63, 3.8) is 0 Å². The average Bonchev–Trinajstić information content (AvgIpc) is 1.97. The smallest absolute Gasteiger partial charge is 0.107 e. The Bertz CT molecular complexity index is 112. The normalized spacial score (nSPS) is 8.60. The maximum absolute atomic E-state index is 5.29. The Labute approximate surface area is 62.7 Å². The van der Waals surface area contributed by atoms with Gasteiger partial charge >= 0.3 is 0 Å². The van der Waals surface area contributed by atoms with Crippen LogP contribution in [-0.2, 0) is 4.74 Å². The van der Waals surface area contributed by atoms with Crippen LogP contribution < -0.4 is 5.73 Å². The van der Waals surface area contributed by atoms with Crippen LogP contribution in [0.5, 0.6) is 0 Å². The van der Waals surface area contributed by atoms with E-state index in [1.807, 2.05) is 6.92 Å². The summed E-state index contributed by atoms with van der Waals surface area (Å²) < 4.78 is 5.15. The molecule has 0 aromatic heterocycles. The van der Waals surface area contributed by atoms with Gasteiger partial charge in [-0.3, -0.25) is 0 Å². The van der Waals surface area contributed by atoms with Crippen molar-refractivity contribution in [3.8, 4) is 11.8 Å². The van der Waals surface area contributed by atoms with Gasteiger partial charge in [-0.15, -0.1) is 5.92 Å². The molecule has 0 aromatic carbocycles. The van der Waals surface area contributed by atoms with E-state index in [0.717, 1.165) is 26.0 Å². The minimum Gasteiger partial charge on any atom is -0.369 e. The van der Waals surface area contributed by atoms with E-state index in [1.165, 1.54) is 0 Å². The van der Waals surface area contributed by atoms with E-state index in [4.69, 9.17) is 10.5 Å².